The highest BCUT2D eigenvalue weighted by molar-refractivity contribution is 6.35. The number of hydrogen-bond donors (Lipinski definition) is 1. The first-order chi connectivity index (χ1) is 13.7. The number of amides is 1. The smallest absolute Gasteiger partial charge is 0.262 e. The van der Waals surface area contributed by atoms with E-state index in [1.807, 2.05) is 36.4 Å². The van der Waals surface area contributed by atoms with E-state index >= 15 is 0 Å². The zero-order valence-electron chi connectivity index (χ0n) is 15.2. The summed E-state index contributed by atoms with van der Waals surface area (Å²) in [6.07, 6.45) is 1.67. The van der Waals surface area contributed by atoms with Gasteiger partial charge in [0.2, 0.25) is 0 Å². The predicted molar refractivity (Wildman–Crippen MR) is 110 cm³/mol. The number of nitrogens with one attached hydrogen (secondary N) is 1. The summed E-state index contributed by atoms with van der Waals surface area (Å²) < 4.78 is 11.0. The van der Waals surface area contributed by atoms with Crippen molar-refractivity contribution in [3.63, 3.8) is 0 Å². The van der Waals surface area contributed by atoms with Crippen LogP contribution in [0.25, 0.3) is 10.9 Å². The van der Waals surface area contributed by atoms with Gasteiger partial charge in [-0.25, -0.2) is 0 Å². The molecule has 1 amide bonds. The molecule has 0 bridgehead atoms. The summed E-state index contributed by atoms with van der Waals surface area (Å²) in [7, 11) is 0. The van der Waals surface area contributed by atoms with E-state index in [0.29, 0.717) is 16.3 Å². The van der Waals surface area contributed by atoms with Gasteiger partial charge in [0.05, 0.1) is 18.2 Å². The molecule has 2 aromatic carbocycles. The number of rotatable bonds is 5. The number of morpholine rings is 1. The number of aromatic nitrogens is 1. The molecule has 1 aliphatic heterocycles. The van der Waals surface area contributed by atoms with Gasteiger partial charge in [0.1, 0.15) is 11.3 Å². The van der Waals surface area contributed by atoms with Crippen LogP contribution in [-0.2, 0) is 9.53 Å². The van der Waals surface area contributed by atoms with E-state index < -0.39 is 0 Å². The van der Waals surface area contributed by atoms with Gasteiger partial charge >= 0.3 is 0 Å². The van der Waals surface area contributed by atoms with E-state index in [9.17, 15) is 4.79 Å². The van der Waals surface area contributed by atoms with E-state index in [1.54, 1.807) is 18.3 Å². The number of carbonyl (C=O) groups excluding carboxylic acids is 1. The second-order valence-corrected chi connectivity index (χ2v) is 6.84. The maximum atomic E-state index is 12.3. The highest BCUT2D eigenvalue weighted by atomic mass is 35.5. The third-order valence-corrected chi connectivity index (χ3v) is 4.90. The van der Waals surface area contributed by atoms with E-state index in [0.717, 1.165) is 43.1 Å². The molecule has 1 aromatic heterocycles. The van der Waals surface area contributed by atoms with Crippen molar-refractivity contribution < 1.29 is 14.3 Å². The van der Waals surface area contributed by atoms with Crippen LogP contribution in [-0.4, -0.2) is 43.8 Å². The molecule has 144 valence electrons. The van der Waals surface area contributed by atoms with Crippen LogP contribution >= 0.6 is 11.6 Å². The lowest BCUT2D eigenvalue weighted by Crippen LogP contribution is -2.36. The fourth-order valence-electron chi connectivity index (χ4n) is 3.15. The lowest BCUT2D eigenvalue weighted by Gasteiger charge is -2.28. The number of benzene rings is 2. The molecule has 0 saturated carbocycles. The van der Waals surface area contributed by atoms with Gasteiger partial charge in [0, 0.05) is 36.0 Å². The lowest BCUT2D eigenvalue weighted by atomic mass is 10.2. The topological polar surface area (TPSA) is 63.7 Å². The van der Waals surface area contributed by atoms with Crippen molar-refractivity contribution in [2.24, 2.45) is 0 Å². The van der Waals surface area contributed by atoms with Crippen LogP contribution < -0.4 is 15.0 Å². The summed E-state index contributed by atoms with van der Waals surface area (Å²) >= 11 is 6.18. The van der Waals surface area contributed by atoms with Gasteiger partial charge in [0.25, 0.3) is 5.91 Å². The summed E-state index contributed by atoms with van der Waals surface area (Å²) in [5.74, 6) is 0.288. The summed E-state index contributed by atoms with van der Waals surface area (Å²) in [6.45, 7) is 3.12. The predicted octanol–water partition coefficient (Wildman–Crippen LogP) is 3.74. The van der Waals surface area contributed by atoms with Crippen LogP contribution in [0.1, 0.15) is 0 Å². The highest BCUT2D eigenvalue weighted by Gasteiger charge is 2.12. The number of ether oxygens (including phenoxy) is 2. The molecule has 1 fully saturated rings. The molecule has 0 spiro atoms. The molecular formula is C21H20ClN3O3. The first-order valence-electron chi connectivity index (χ1n) is 9.09. The molecule has 2 heterocycles. The maximum Gasteiger partial charge on any atom is 0.262 e. The van der Waals surface area contributed by atoms with Gasteiger partial charge in [-0.1, -0.05) is 11.6 Å². The molecular weight excluding hydrogens is 378 g/mol. The van der Waals surface area contributed by atoms with Crippen LogP contribution in [0.15, 0.2) is 54.7 Å². The Morgan fingerprint density at radius 1 is 1.14 bits per heavy atom. The van der Waals surface area contributed by atoms with Gasteiger partial charge in [0.15, 0.2) is 6.61 Å². The third-order valence-electron chi connectivity index (χ3n) is 4.57. The quantitative estimate of drug-likeness (QED) is 0.710. The fourth-order valence-corrected chi connectivity index (χ4v) is 3.36. The normalized spacial score (nSPS) is 14.1. The van der Waals surface area contributed by atoms with E-state index in [-0.39, 0.29) is 12.5 Å². The largest absolute Gasteiger partial charge is 0.481 e. The standard InChI is InChI=1S/C21H20ClN3O3/c22-18-7-8-19(21-17(18)2-1-9-23-21)28-14-20(26)24-15-3-5-16(6-4-15)25-10-12-27-13-11-25/h1-9H,10-14H2,(H,24,26). The summed E-state index contributed by atoms with van der Waals surface area (Å²) in [4.78, 5) is 18.8. The molecule has 1 N–H and O–H groups in total. The van der Waals surface area contributed by atoms with E-state index in [1.165, 1.54) is 0 Å². The highest BCUT2D eigenvalue weighted by Crippen LogP contribution is 2.29. The minimum Gasteiger partial charge on any atom is -0.481 e. The van der Waals surface area contributed by atoms with Gasteiger partial charge in [-0.15, -0.1) is 0 Å². The van der Waals surface area contributed by atoms with E-state index in [2.05, 4.69) is 15.2 Å². The number of hydrogen-bond acceptors (Lipinski definition) is 5. The Kier molecular flexibility index (Phi) is 5.60. The van der Waals surface area contributed by atoms with Crippen molar-refractivity contribution in [1.29, 1.82) is 0 Å². The first-order valence-corrected chi connectivity index (χ1v) is 9.47. The number of anilines is 2. The second-order valence-electron chi connectivity index (χ2n) is 6.43. The Morgan fingerprint density at radius 2 is 1.93 bits per heavy atom. The summed E-state index contributed by atoms with van der Waals surface area (Å²) in [6, 6.07) is 14.9. The molecule has 0 unspecified atom stereocenters. The minimum absolute atomic E-state index is 0.113. The van der Waals surface area contributed by atoms with Crippen molar-refractivity contribution in [3.05, 3.63) is 59.8 Å². The molecule has 0 radical (unpaired) electrons. The van der Waals surface area contributed by atoms with Gasteiger partial charge in [-0.3, -0.25) is 9.78 Å². The number of nitrogens with zero attached hydrogens (tertiary/aromatic N) is 2. The van der Waals surface area contributed by atoms with Crippen molar-refractivity contribution in [2.45, 2.75) is 0 Å². The molecule has 1 saturated heterocycles. The molecule has 28 heavy (non-hydrogen) atoms. The number of carbonyl (C=O) groups is 1. The first kappa shape index (κ1) is 18.5. The van der Waals surface area contributed by atoms with Crippen LogP contribution in [0, 0.1) is 0 Å². The average Bonchev–Trinajstić information content (AvgIpc) is 2.75. The van der Waals surface area contributed by atoms with Crippen LogP contribution in [0.5, 0.6) is 5.75 Å². The number of halogens is 1. The Labute approximate surface area is 168 Å². The maximum absolute atomic E-state index is 12.3. The SMILES string of the molecule is O=C(COc1ccc(Cl)c2cccnc12)Nc1ccc(N2CCOCC2)cc1. The zero-order chi connectivity index (χ0) is 19.3. The lowest BCUT2D eigenvalue weighted by molar-refractivity contribution is -0.118. The summed E-state index contributed by atoms with van der Waals surface area (Å²) in [5.41, 5.74) is 2.48. The molecule has 4 rings (SSSR count). The molecule has 7 heteroatoms. The Hall–Kier alpha value is -2.83. The van der Waals surface area contributed by atoms with Crippen molar-refractivity contribution in [2.75, 3.05) is 43.1 Å². The average molecular weight is 398 g/mol. The van der Waals surface area contributed by atoms with Crippen LogP contribution in [0.3, 0.4) is 0 Å². The Balaban J connectivity index is 1.37. The summed E-state index contributed by atoms with van der Waals surface area (Å²) in [5, 5.41) is 4.24. The van der Waals surface area contributed by atoms with Crippen LogP contribution in [0.4, 0.5) is 11.4 Å². The Morgan fingerprint density at radius 3 is 2.71 bits per heavy atom. The fraction of sp³-hybridized carbons (Fsp3) is 0.238. The number of pyridine rings is 1. The van der Waals surface area contributed by atoms with Gasteiger partial charge < -0.3 is 19.7 Å². The number of fused-ring (bicyclic) bond motifs is 1. The minimum atomic E-state index is -0.238. The van der Waals surface area contributed by atoms with Gasteiger partial charge in [-0.2, -0.15) is 0 Å². The molecule has 0 atom stereocenters. The molecule has 3 aromatic rings. The molecule has 1 aliphatic rings. The van der Waals surface area contributed by atoms with Crippen molar-refractivity contribution in [1.82, 2.24) is 4.98 Å². The third kappa shape index (κ3) is 4.18. The van der Waals surface area contributed by atoms with E-state index in [4.69, 9.17) is 21.1 Å². The monoisotopic (exact) mass is 397 g/mol. The molecule has 0 aliphatic carbocycles. The molecule has 6 nitrogen and oxygen atoms in total. The Bertz CT molecular complexity index is 972. The van der Waals surface area contributed by atoms with Crippen molar-refractivity contribution in [3.8, 4) is 5.75 Å². The second kappa shape index (κ2) is 8.46. The van der Waals surface area contributed by atoms with Gasteiger partial charge in [-0.05, 0) is 48.5 Å². The zero-order valence-corrected chi connectivity index (χ0v) is 16.0. The van der Waals surface area contributed by atoms with Crippen molar-refractivity contribution >= 4 is 39.8 Å². The van der Waals surface area contributed by atoms with Crippen LogP contribution in [0.2, 0.25) is 5.02 Å².